The van der Waals surface area contributed by atoms with E-state index in [-0.39, 0.29) is 53.4 Å². The van der Waals surface area contributed by atoms with Gasteiger partial charge in [-0.25, -0.2) is 4.98 Å². The Labute approximate surface area is 267 Å². The van der Waals surface area contributed by atoms with Crippen molar-refractivity contribution in [2.75, 3.05) is 34.9 Å². The molecule has 0 saturated carbocycles. The molecule has 242 valence electrons. The number of pyridine rings is 1. The maximum atomic E-state index is 13.3. The molecule has 0 unspecified atom stereocenters. The largest absolute Gasteiger partial charge is 0.505 e. The second-order valence-corrected chi connectivity index (χ2v) is 12.2. The molecule has 0 aliphatic carbocycles. The molecule has 46 heavy (non-hydrogen) atoms. The zero-order valence-corrected chi connectivity index (χ0v) is 27.0. The lowest BCUT2D eigenvalue weighted by Gasteiger charge is -2.60. The molecule has 4 heterocycles. The lowest BCUT2D eigenvalue weighted by Crippen LogP contribution is -2.68. The van der Waals surface area contributed by atoms with Crippen molar-refractivity contribution < 1.29 is 34.3 Å². The fourth-order valence-electron chi connectivity index (χ4n) is 8.19. The number of likely N-dealkylation sites (N-methyl/N-ethyl adjacent to an activating group) is 1. The SMILES string of the molecule is COc1c(C)c(C)c2c(c1O)[C@@H]1[C@@H]3Cc4c(OC)c(C)c(OC)c(O)c4[C@H](CNC(=O)c4ncccc4O)N3[C@@H](C#N)[C@H](C2)N1C. The number of piperazine rings is 1. The van der Waals surface area contributed by atoms with Crippen LogP contribution in [0, 0.1) is 32.1 Å². The number of nitriles is 1. The monoisotopic (exact) mass is 629 g/mol. The van der Waals surface area contributed by atoms with Crippen LogP contribution in [0.3, 0.4) is 0 Å². The first-order valence-corrected chi connectivity index (χ1v) is 15.2. The van der Waals surface area contributed by atoms with E-state index in [1.54, 1.807) is 14.2 Å². The Morgan fingerprint density at radius 1 is 0.957 bits per heavy atom. The molecule has 1 saturated heterocycles. The molecule has 6 rings (SSSR count). The molecule has 12 heteroatoms. The molecular weight excluding hydrogens is 590 g/mol. The van der Waals surface area contributed by atoms with Gasteiger partial charge in [-0.05, 0) is 69.5 Å². The number of nitrogens with zero attached hydrogens (tertiary/aromatic N) is 4. The highest BCUT2D eigenvalue weighted by Gasteiger charge is 2.56. The van der Waals surface area contributed by atoms with E-state index in [0.29, 0.717) is 35.5 Å². The first-order chi connectivity index (χ1) is 22.0. The average Bonchev–Trinajstić information content (AvgIpc) is 3.03. The molecule has 3 aliphatic heterocycles. The normalized spacial score (nSPS) is 23.4. The zero-order chi connectivity index (χ0) is 33.2. The maximum absolute atomic E-state index is 13.3. The lowest BCUT2D eigenvalue weighted by atomic mass is 9.70. The van der Waals surface area contributed by atoms with Crippen LogP contribution in [-0.4, -0.2) is 89.1 Å². The van der Waals surface area contributed by atoms with E-state index in [4.69, 9.17) is 14.2 Å². The number of methoxy groups -OCH3 is 3. The molecule has 3 aliphatic rings. The van der Waals surface area contributed by atoms with Crippen molar-refractivity contribution in [2.24, 2.45) is 0 Å². The van der Waals surface area contributed by atoms with E-state index >= 15 is 0 Å². The van der Waals surface area contributed by atoms with Crippen LogP contribution in [-0.2, 0) is 12.8 Å². The molecule has 0 radical (unpaired) electrons. The number of benzene rings is 2. The number of hydrogen-bond acceptors (Lipinski definition) is 11. The Bertz CT molecular complexity index is 1790. The fraction of sp³-hybridized carbons (Fsp3) is 0.441. The van der Waals surface area contributed by atoms with Crippen LogP contribution in [0.25, 0.3) is 0 Å². The maximum Gasteiger partial charge on any atom is 0.273 e. The topological polar surface area (TPSA) is 161 Å². The number of carbonyl (C=O) groups excluding carboxylic acids is 1. The van der Waals surface area contributed by atoms with Gasteiger partial charge in [0.05, 0.1) is 39.5 Å². The number of aromatic hydroxyl groups is 3. The number of carbonyl (C=O) groups is 1. The molecule has 2 aromatic carbocycles. The summed E-state index contributed by atoms with van der Waals surface area (Å²) in [7, 11) is 6.55. The Morgan fingerprint density at radius 3 is 2.22 bits per heavy atom. The van der Waals surface area contributed by atoms with Gasteiger partial charge in [0.25, 0.3) is 5.91 Å². The molecule has 3 aromatic rings. The third-order valence-corrected chi connectivity index (χ3v) is 10.3. The van der Waals surface area contributed by atoms with Crippen molar-refractivity contribution in [3.05, 3.63) is 63.0 Å². The number of amides is 1. The van der Waals surface area contributed by atoms with Crippen LogP contribution >= 0.6 is 0 Å². The Kier molecular flexibility index (Phi) is 7.86. The minimum Gasteiger partial charge on any atom is -0.505 e. The molecular formula is C34H39N5O7. The van der Waals surface area contributed by atoms with Crippen molar-refractivity contribution in [2.45, 2.75) is 63.8 Å². The van der Waals surface area contributed by atoms with Crippen LogP contribution in [0.2, 0.25) is 0 Å². The predicted molar refractivity (Wildman–Crippen MR) is 168 cm³/mol. The van der Waals surface area contributed by atoms with E-state index in [9.17, 15) is 25.4 Å². The molecule has 5 atom stereocenters. The number of fused-ring (bicyclic) bond motifs is 7. The van der Waals surface area contributed by atoms with Crippen LogP contribution < -0.4 is 19.5 Å². The summed E-state index contributed by atoms with van der Waals surface area (Å²) in [5.41, 5.74) is 5.33. The van der Waals surface area contributed by atoms with E-state index in [1.807, 2.05) is 27.8 Å². The minimum absolute atomic E-state index is 0.0301. The first-order valence-electron chi connectivity index (χ1n) is 15.2. The molecule has 2 bridgehead atoms. The summed E-state index contributed by atoms with van der Waals surface area (Å²) in [6.45, 7) is 5.73. The van der Waals surface area contributed by atoms with Crippen LogP contribution in [0.15, 0.2) is 18.3 Å². The predicted octanol–water partition coefficient (Wildman–Crippen LogP) is 3.35. The van der Waals surface area contributed by atoms with Gasteiger partial charge in [-0.2, -0.15) is 5.26 Å². The van der Waals surface area contributed by atoms with E-state index in [2.05, 4.69) is 26.2 Å². The summed E-state index contributed by atoms with van der Waals surface area (Å²) in [5.74, 6) is 0.324. The number of rotatable bonds is 6. The van der Waals surface area contributed by atoms with Crippen LogP contribution in [0.5, 0.6) is 34.5 Å². The van der Waals surface area contributed by atoms with Gasteiger partial charge in [-0.15, -0.1) is 0 Å². The third kappa shape index (κ3) is 4.33. The number of phenols is 2. The van der Waals surface area contributed by atoms with Crippen molar-refractivity contribution in [1.82, 2.24) is 20.1 Å². The lowest BCUT2D eigenvalue weighted by molar-refractivity contribution is -0.0723. The average molecular weight is 630 g/mol. The smallest absolute Gasteiger partial charge is 0.273 e. The van der Waals surface area contributed by atoms with Gasteiger partial charge in [0.2, 0.25) is 0 Å². The van der Waals surface area contributed by atoms with Crippen LogP contribution in [0.1, 0.15) is 61.5 Å². The quantitative estimate of drug-likeness (QED) is 0.317. The standard InChI is InChI=1S/C34H39N5O7/c1-15-16(2)32(45-6)30(42)26-18(15)11-20-22(13-35)39-21(28(26)38(20)4)12-19-25(29(41)33(46-7)17(3)31(19)44-5)23(39)14-37-34(43)27-24(40)9-8-10-36-27/h8-10,20-23,28,40-42H,11-12,14H2,1-7H3,(H,37,43)/t20-,21-,22-,23-,28-/m0/s1. The van der Waals surface area contributed by atoms with Crippen molar-refractivity contribution in [3.63, 3.8) is 0 Å². The van der Waals surface area contributed by atoms with Gasteiger partial charge in [0.15, 0.2) is 28.7 Å². The van der Waals surface area contributed by atoms with E-state index in [1.165, 1.54) is 25.4 Å². The molecule has 0 spiro atoms. The molecule has 1 fully saturated rings. The summed E-state index contributed by atoms with van der Waals surface area (Å²) in [4.78, 5) is 21.6. The van der Waals surface area contributed by atoms with Gasteiger partial charge < -0.3 is 34.8 Å². The number of nitrogens with one attached hydrogen (secondary N) is 1. The molecule has 12 nitrogen and oxygen atoms in total. The van der Waals surface area contributed by atoms with E-state index in [0.717, 1.165) is 27.8 Å². The van der Waals surface area contributed by atoms with Gasteiger partial charge in [-0.1, -0.05) is 0 Å². The van der Waals surface area contributed by atoms with E-state index < -0.39 is 18.0 Å². The molecule has 1 aromatic heterocycles. The second kappa shape index (κ2) is 11.6. The van der Waals surface area contributed by atoms with Crippen molar-refractivity contribution in [1.29, 1.82) is 5.26 Å². The number of aromatic nitrogens is 1. The van der Waals surface area contributed by atoms with Crippen molar-refractivity contribution in [3.8, 4) is 40.6 Å². The summed E-state index contributed by atoms with van der Waals surface area (Å²) in [6.07, 6.45) is 2.30. The Morgan fingerprint density at radius 2 is 1.59 bits per heavy atom. The minimum atomic E-state index is -0.715. The van der Waals surface area contributed by atoms with Gasteiger partial charge >= 0.3 is 0 Å². The van der Waals surface area contributed by atoms with Crippen molar-refractivity contribution >= 4 is 5.91 Å². The summed E-state index contributed by atoms with van der Waals surface area (Å²) < 4.78 is 17.3. The second-order valence-electron chi connectivity index (χ2n) is 12.2. The summed E-state index contributed by atoms with van der Waals surface area (Å²) in [5, 5.41) is 47.5. The highest BCUT2D eigenvalue weighted by Crippen LogP contribution is 2.57. The highest BCUT2D eigenvalue weighted by molar-refractivity contribution is 5.94. The van der Waals surface area contributed by atoms with Gasteiger partial charge in [-0.3, -0.25) is 14.6 Å². The fourth-order valence-corrected chi connectivity index (χ4v) is 8.19. The van der Waals surface area contributed by atoms with Gasteiger partial charge in [0, 0.05) is 47.1 Å². The zero-order valence-electron chi connectivity index (χ0n) is 27.0. The summed E-state index contributed by atoms with van der Waals surface area (Å²) >= 11 is 0. The van der Waals surface area contributed by atoms with Gasteiger partial charge in [0.1, 0.15) is 17.5 Å². The Hall–Kier alpha value is -4.73. The number of hydrogen-bond donors (Lipinski definition) is 4. The molecule has 4 N–H and O–H groups in total. The third-order valence-electron chi connectivity index (χ3n) is 10.3. The van der Waals surface area contributed by atoms with Crippen LogP contribution in [0.4, 0.5) is 0 Å². The first kappa shape index (κ1) is 31.3. The molecule has 1 amide bonds. The Balaban J connectivity index is 1.58. The highest BCUT2D eigenvalue weighted by atomic mass is 16.5. The number of ether oxygens (including phenoxy) is 3. The number of phenolic OH excluding ortho intramolecular Hbond substituents is 2. The summed E-state index contributed by atoms with van der Waals surface area (Å²) in [6, 6.07) is 3.08.